The van der Waals surface area contributed by atoms with Gasteiger partial charge in [-0.05, 0) is 18.2 Å². The Balaban J connectivity index is 2.59. The molecule has 5 nitrogen and oxygen atoms in total. The number of hydrogen-bond donors (Lipinski definition) is 0. The molecule has 2 rings (SSSR count). The van der Waals surface area contributed by atoms with Crippen LogP contribution >= 0.6 is 0 Å². The Morgan fingerprint density at radius 1 is 1.33 bits per heavy atom. The van der Waals surface area contributed by atoms with E-state index in [9.17, 15) is 18.0 Å². The maximum atomic E-state index is 12.8. The van der Waals surface area contributed by atoms with Crippen LogP contribution in [-0.2, 0) is 11.0 Å². The highest BCUT2D eigenvalue weighted by Gasteiger charge is 2.34. The molecular formula is C10H5F3N4O. The van der Waals surface area contributed by atoms with Crippen molar-refractivity contribution in [1.29, 1.82) is 0 Å². The van der Waals surface area contributed by atoms with Gasteiger partial charge >= 0.3 is 6.18 Å². The van der Waals surface area contributed by atoms with Crippen LogP contribution in [0, 0.1) is 0 Å². The van der Waals surface area contributed by atoms with Crippen molar-refractivity contribution in [3.05, 3.63) is 36.4 Å². The Bertz CT molecular complexity index is 600. The molecule has 0 aliphatic carbocycles. The lowest BCUT2D eigenvalue weighted by Gasteiger charge is -2.10. The summed E-state index contributed by atoms with van der Waals surface area (Å²) in [5.41, 5.74) is -1.34. The average Bonchev–Trinajstić information content (AvgIpc) is 2.82. The molecule has 0 amide bonds. The third-order valence-corrected chi connectivity index (χ3v) is 2.13. The molecule has 8 heteroatoms. The lowest BCUT2D eigenvalue weighted by atomic mass is 10.1. The second-order valence-electron chi connectivity index (χ2n) is 3.24. The summed E-state index contributed by atoms with van der Waals surface area (Å²) < 4.78 is 39.4. The SMILES string of the molecule is O=C=Nc1ccc(-n2cncn2)cc1C(F)(F)F. The number of nitrogens with zero attached hydrogens (tertiary/aromatic N) is 4. The molecule has 0 aliphatic rings. The molecule has 0 unspecified atom stereocenters. The Morgan fingerprint density at radius 3 is 2.67 bits per heavy atom. The zero-order chi connectivity index (χ0) is 13.2. The van der Waals surface area contributed by atoms with Crippen LogP contribution in [0.4, 0.5) is 18.9 Å². The number of hydrogen-bond acceptors (Lipinski definition) is 4. The summed E-state index contributed by atoms with van der Waals surface area (Å²) in [6, 6.07) is 3.26. The number of aliphatic imine (C=N–C) groups is 1. The van der Waals surface area contributed by atoms with E-state index in [-0.39, 0.29) is 5.69 Å². The second-order valence-corrected chi connectivity index (χ2v) is 3.24. The standard InChI is InChI=1S/C10H5F3N4O/c11-10(12,13)8-3-7(17-5-14-4-16-17)1-2-9(8)15-6-18/h1-5H. The number of carbonyl (C=O) groups excluding carboxylic acids is 1. The highest BCUT2D eigenvalue weighted by Crippen LogP contribution is 2.37. The van der Waals surface area contributed by atoms with Crippen LogP contribution in [0.15, 0.2) is 35.8 Å². The number of rotatable bonds is 2. The van der Waals surface area contributed by atoms with Crippen LogP contribution in [0.3, 0.4) is 0 Å². The first kappa shape index (κ1) is 12.0. The van der Waals surface area contributed by atoms with Gasteiger partial charge in [-0.3, -0.25) is 0 Å². The van der Waals surface area contributed by atoms with Gasteiger partial charge in [0.25, 0.3) is 0 Å². The van der Waals surface area contributed by atoms with E-state index in [0.29, 0.717) is 0 Å². The topological polar surface area (TPSA) is 60.1 Å². The minimum atomic E-state index is -4.62. The Hall–Kier alpha value is -2.47. The smallest absolute Gasteiger partial charge is 0.223 e. The van der Waals surface area contributed by atoms with E-state index < -0.39 is 17.4 Å². The van der Waals surface area contributed by atoms with E-state index in [0.717, 1.165) is 18.2 Å². The molecule has 0 N–H and O–H groups in total. The third kappa shape index (κ3) is 2.28. The third-order valence-electron chi connectivity index (χ3n) is 2.13. The molecule has 0 radical (unpaired) electrons. The Kier molecular flexibility index (Phi) is 2.95. The quantitative estimate of drug-likeness (QED) is 0.610. The minimum absolute atomic E-state index is 0.171. The van der Waals surface area contributed by atoms with E-state index in [2.05, 4.69) is 15.1 Å². The van der Waals surface area contributed by atoms with Gasteiger partial charge in [-0.15, -0.1) is 0 Å². The zero-order valence-corrected chi connectivity index (χ0v) is 8.72. The van der Waals surface area contributed by atoms with Gasteiger partial charge in [0.05, 0.1) is 16.9 Å². The average molecular weight is 254 g/mol. The van der Waals surface area contributed by atoms with Crippen LogP contribution in [0.5, 0.6) is 0 Å². The fourth-order valence-electron chi connectivity index (χ4n) is 1.38. The Labute approximate surface area is 98.6 Å². The minimum Gasteiger partial charge on any atom is -0.223 e. The fraction of sp³-hybridized carbons (Fsp3) is 0.100. The predicted molar refractivity (Wildman–Crippen MR) is 54.1 cm³/mol. The van der Waals surface area contributed by atoms with Crippen LogP contribution in [-0.4, -0.2) is 20.8 Å². The fourth-order valence-corrected chi connectivity index (χ4v) is 1.38. The number of benzene rings is 1. The summed E-state index contributed by atoms with van der Waals surface area (Å²) in [4.78, 5) is 16.7. The largest absolute Gasteiger partial charge is 0.418 e. The van der Waals surface area contributed by atoms with Crippen molar-refractivity contribution < 1.29 is 18.0 Å². The van der Waals surface area contributed by atoms with Crippen molar-refractivity contribution in [2.75, 3.05) is 0 Å². The van der Waals surface area contributed by atoms with Gasteiger partial charge in [0.1, 0.15) is 12.7 Å². The van der Waals surface area contributed by atoms with Crippen molar-refractivity contribution >= 4 is 11.8 Å². The van der Waals surface area contributed by atoms with Crippen molar-refractivity contribution in [2.24, 2.45) is 4.99 Å². The van der Waals surface area contributed by atoms with Gasteiger partial charge in [-0.1, -0.05) is 0 Å². The van der Waals surface area contributed by atoms with E-state index >= 15 is 0 Å². The molecule has 0 bridgehead atoms. The first-order chi connectivity index (χ1) is 8.52. The molecule has 0 aliphatic heterocycles. The monoisotopic (exact) mass is 254 g/mol. The lowest BCUT2D eigenvalue weighted by molar-refractivity contribution is -0.137. The maximum Gasteiger partial charge on any atom is 0.418 e. The van der Waals surface area contributed by atoms with Crippen molar-refractivity contribution in [3.63, 3.8) is 0 Å². The summed E-state index contributed by atoms with van der Waals surface area (Å²) in [5.74, 6) is 0. The first-order valence-corrected chi connectivity index (χ1v) is 4.66. The number of alkyl halides is 3. The summed E-state index contributed by atoms with van der Waals surface area (Å²) in [7, 11) is 0. The summed E-state index contributed by atoms with van der Waals surface area (Å²) in [6.45, 7) is 0. The normalized spacial score (nSPS) is 11.1. The van der Waals surface area contributed by atoms with Crippen molar-refractivity contribution in [3.8, 4) is 5.69 Å². The van der Waals surface area contributed by atoms with Crippen LogP contribution in [0.2, 0.25) is 0 Å². The summed E-state index contributed by atoms with van der Waals surface area (Å²) in [6.07, 6.45) is -1.07. The molecule has 92 valence electrons. The van der Waals surface area contributed by atoms with E-state index in [1.54, 1.807) is 0 Å². The number of halogens is 3. The maximum absolute atomic E-state index is 12.8. The molecule has 0 fully saturated rings. The van der Waals surface area contributed by atoms with Gasteiger partial charge in [0.2, 0.25) is 6.08 Å². The molecule has 18 heavy (non-hydrogen) atoms. The second kappa shape index (κ2) is 4.42. The molecule has 0 atom stereocenters. The summed E-state index contributed by atoms with van der Waals surface area (Å²) >= 11 is 0. The van der Waals surface area contributed by atoms with Gasteiger partial charge in [0, 0.05) is 0 Å². The molecule has 0 saturated carbocycles. The zero-order valence-electron chi connectivity index (χ0n) is 8.72. The molecule has 0 spiro atoms. The van der Waals surface area contributed by atoms with E-state index in [1.807, 2.05) is 0 Å². The first-order valence-electron chi connectivity index (χ1n) is 4.66. The molecule has 0 saturated heterocycles. The van der Waals surface area contributed by atoms with Gasteiger partial charge < -0.3 is 0 Å². The van der Waals surface area contributed by atoms with Crippen LogP contribution < -0.4 is 0 Å². The van der Waals surface area contributed by atoms with Crippen molar-refractivity contribution in [2.45, 2.75) is 6.18 Å². The van der Waals surface area contributed by atoms with E-state index in [4.69, 9.17) is 0 Å². The predicted octanol–water partition coefficient (Wildman–Crippen LogP) is 2.25. The highest BCUT2D eigenvalue weighted by molar-refractivity contribution is 5.58. The lowest BCUT2D eigenvalue weighted by Crippen LogP contribution is -2.07. The molecular weight excluding hydrogens is 249 g/mol. The number of aromatic nitrogens is 3. The van der Waals surface area contributed by atoms with Gasteiger partial charge in [-0.25, -0.2) is 14.5 Å². The van der Waals surface area contributed by atoms with Crippen LogP contribution in [0.25, 0.3) is 5.69 Å². The highest BCUT2D eigenvalue weighted by atomic mass is 19.4. The van der Waals surface area contributed by atoms with E-state index in [1.165, 1.54) is 23.4 Å². The molecule has 2 aromatic rings. The molecule has 1 aromatic heterocycles. The van der Waals surface area contributed by atoms with Gasteiger partial charge in [-0.2, -0.15) is 23.3 Å². The van der Waals surface area contributed by atoms with Crippen LogP contribution in [0.1, 0.15) is 5.56 Å². The van der Waals surface area contributed by atoms with Gasteiger partial charge in [0.15, 0.2) is 0 Å². The summed E-state index contributed by atoms with van der Waals surface area (Å²) in [5, 5.41) is 3.72. The number of isocyanates is 1. The van der Waals surface area contributed by atoms with Crippen molar-refractivity contribution in [1.82, 2.24) is 14.8 Å². The molecule has 1 aromatic carbocycles. The Morgan fingerprint density at radius 2 is 2.11 bits per heavy atom. The molecule has 1 heterocycles.